The van der Waals surface area contributed by atoms with Gasteiger partial charge in [0.25, 0.3) is 0 Å². The number of rotatable bonds is 2. The largest absolute Gasteiger partial charge is 0.349 e. The molecule has 2 heterocycles. The Morgan fingerprint density at radius 3 is 2.71 bits per heavy atom. The SMILES string of the molecule is CC(C)C1CNC(C)(C)CN1c1ccn(C)n1. The number of nitrogens with one attached hydrogen (secondary N) is 1. The Labute approximate surface area is 104 Å². The molecule has 0 amide bonds. The molecule has 1 atom stereocenters. The first-order valence-electron chi connectivity index (χ1n) is 6.40. The van der Waals surface area contributed by atoms with Crippen LogP contribution in [0.2, 0.25) is 0 Å². The first kappa shape index (κ1) is 12.4. The molecule has 1 aromatic heterocycles. The van der Waals surface area contributed by atoms with Crippen LogP contribution in [-0.2, 0) is 7.05 Å². The van der Waals surface area contributed by atoms with Crippen molar-refractivity contribution in [3.8, 4) is 0 Å². The molecule has 0 aliphatic carbocycles. The lowest BCUT2D eigenvalue weighted by molar-refractivity contribution is 0.275. The van der Waals surface area contributed by atoms with E-state index >= 15 is 0 Å². The van der Waals surface area contributed by atoms with Gasteiger partial charge < -0.3 is 10.2 Å². The molecule has 0 saturated carbocycles. The third-order valence-corrected chi connectivity index (χ3v) is 3.52. The van der Waals surface area contributed by atoms with Crippen molar-refractivity contribution in [2.45, 2.75) is 39.3 Å². The van der Waals surface area contributed by atoms with Gasteiger partial charge in [-0.05, 0) is 19.8 Å². The number of hydrogen-bond donors (Lipinski definition) is 1. The van der Waals surface area contributed by atoms with Crippen LogP contribution in [0.25, 0.3) is 0 Å². The average molecular weight is 236 g/mol. The average Bonchev–Trinajstić information content (AvgIpc) is 2.62. The number of piperazine rings is 1. The van der Waals surface area contributed by atoms with E-state index in [2.05, 4.69) is 49.1 Å². The van der Waals surface area contributed by atoms with Crippen molar-refractivity contribution in [3.05, 3.63) is 12.3 Å². The van der Waals surface area contributed by atoms with Gasteiger partial charge >= 0.3 is 0 Å². The highest BCUT2D eigenvalue weighted by molar-refractivity contribution is 5.40. The fourth-order valence-electron chi connectivity index (χ4n) is 2.49. The molecule has 0 spiro atoms. The summed E-state index contributed by atoms with van der Waals surface area (Å²) in [5.74, 6) is 1.72. The first-order chi connectivity index (χ1) is 7.89. The minimum Gasteiger partial charge on any atom is -0.349 e. The molecule has 1 fully saturated rings. The molecule has 96 valence electrons. The van der Waals surface area contributed by atoms with Gasteiger partial charge in [-0.1, -0.05) is 13.8 Å². The van der Waals surface area contributed by atoms with Crippen LogP contribution >= 0.6 is 0 Å². The maximum absolute atomic E-state index is 4.55. The normalized spacial score (nSPS) is 24.4. The van der Waals surface area contributed by atoms with E-state index in [1.165, 1.54) is 0 Å². The minimum atomic E-state index is 0.156. The summed E-state index contributed by atoms with van der Waals surface area (Å²) < 4.78 is 1.88. The molecule has 17 heavy (non-hydrogen) atoms. The van der Waals surface area contributed by atoms with Crippen molar-refractivity contribution in [2.24, 2.45) is 13.0 Å². The van der Waals surface area contributed by atoms with Crippen molar-refractivity contribution >= 4 is 5.82 Å². The number of nitrogens with zero attached hydrogens (tertiary/aromatic N) is 3. The summed E-state index contributed by atoms with van der Waals surface area (Å²) in [5.41, 5.74) is 0.156. The second-order valence-electron chi connectivity index (χ2n) is 6.05. The number of hydrogen-bond acceptors (Lipinski definition) is 3. The molecule has 4 nitrogen and oxygen atoms in total. The Kier molecular flexibility index (Phi) is 3.17. The zero-order chi connectivity index (χ0) is 12.6. The Hall–Kier alpha value is -1.03. The lowest BCUT2D eigenvalue weighted by atomic mass is 9.93. The molecular formula is C13H24N4. The van der Waals surface area contributed by atoms with Crippen molar-refractivity contribution in [2.75, 3.05) is 18.0 Å². The fourth-order valence-corrected chi connectivity index (χ4v) is 2.49. The summed E-state index contributed by atoms with van der Waals surface area (Å²) in [6.07, 6.45) is 2.02. The van der Waals surface area contributed by atoms with E-state index in [1.54, 1.807) is 0 Å². The zero-order valence-electron chi connectivity index (χ0n) is 11.6. The summed E-state index contributed by atoms with van der Waals surface area (Å²) in [6.45, 7) is 11.1. The van der Waals surface area contributed by atoms with Gasteiger partial charge in [0.2, 0.25) is 0 Å². The molecular weight excluding hydrogens is 212 g/mol. The molecule has 4 heteroatoms. The highest BCUT2D eigenvalue weighted by Crippen LogP contribution is 2.25. The van der Waals surface area contributed by atoms with Crippen molar-refractivity contribution < 1.29 is 0 Å². The van der Waals surface area contributed by atoms with Gasteiger partial charge in [0.15, 0.2) is 5.82 Å². The number of anilines is 1. The highest BCUT2D eigenvalue weighted by Gasteiger charge is 2.34. The van der Waals surface area contributed by atoms with Crippen molar-refractivity contribution in [1.29, 1.82) is 0 Å². The van der Waals surface area contributed by atoms with Crippen LogP contribution in [0.1, 0.15) is 27.7 Å². The van der Waals surface area contributed by atoms with Crippen LogP contribution in [0, 0.1) is 5.92 Å². The van der Waals surface area contributed by atoms with Crippen LogP contribution < -0.4 is 10.2 Å². The maximum Gasteiger partial charge on any atom is 0.150 e. The van der Waals surface area contributed by atoms with Crippen LogP contribution in [0.5, 0.6) is 0 Å². The van der Waals surface area contributed by atoms with Gasteiger partial charge in [0.1, 0.15) is 0 Å². The first-order valence-corrected chi connectivity index (χ1v) is 6.40. The second-order valence-corrected chi connectivity index (χ2v) is 6.05. The zero-order valence-corrected chi connectivity index (χ0v) is 11.6. The molecule has 0 bridgehead atoms. The topological polar surface area (TPSA) is 33.1 Å². The Morgan fingerprint density at radius 1 is 1.47 bits per heavy atom. The van der Waals surface area contributed by atoms with Gasteiger partial charge in [-0.3, -0.25) is 4.68 Å². The fraction of sp³-hybridized carbons (Fsp3) is 0.769. The van der Waals surface area contributed by atoms with E-state index in [0.717, 1.165) is 18.9 Å². The standard InChI is InChI=1S/C13H24N4/c1-10(2)11-8-14-13(3,4)9-17(11)12-6-7-16(5)15-12/h6-7,10-11,14H,8-9H2,1-5H3. The summed E-state index contributed by atoms with van der Waals surface area (Å²) in [4.78, 5) is 2.45. The Balaban J connectivity index is 2.25. The Morgan fingerprint density at radius 2 is 2.18 bits per heavy atom. The third-order valence-electron chi connectivity index (χ3n) is 3.52. The third kappa shape index (κ3) is 2.63. The molecule has 1 saturated heterocycles. The van der Waals surface area contributed by atoms with Crippen LogP contribution in [0.4, 0.5) is 5.82 Å². The monoisotopic (exact) mass is 236 g/mol. The van der Waals surface area contributed by atoms with Gasteiger partial charge in [0, 0.05) is 44.0 Å². The van der Waals surface area contributed by atoms with E-state index in [1.807, 2.05) is 17.9 Å². The molecule has 0 radical (unpaired) electrons. The van der Waals surface area contributed by atoms with E-state index in [9.17, 15) is 0 Å². The predicted molar refractivity (Wildman–Crippen MR) is 71.3 cm³/mol. The van der Waals surface area contributed by atoms with E-state index < -0.39 is 0 Å². The van der Waals surface area contributed by atoms with Crippen LogP contribution in [0.3, 0.4) is 0 Å². The van der Waals surface area contributed by atoms with Crippen molar-refractivity contribution in [1.82, 2.24) is 15.1 Å². The number of aryl methyl sites for hydroxylation is 1. The summed E-state index contributed by atoms with van der Waals surface area (Å²) in [5, 5.41) is 8.17. The van der Waals surface area contributed by atoms with Gasteiger partial charge in [-0.15, -0.1) is 0 Å². The number of aromatic nitrogens is 2. The molecule has 1 aliphatic rings. The van der Waals surface area contributed by atoms with Gasteiger partial charge in [0.05, 0.1) is 0 Å². The van der Waals surface area contributed by atoms with E-state index in [0.29, 0.717) is 12.0 Å². The van der Waals surface area contributed by atoms with E-state index in [-0.39, 0.29) is 5.54 Å². The minimum absolute atomic E-state index is 0.156. The Bertz CT molecular complexity index is 381. The van der Waals surface area contributed by atoms with E-state index in [4.69, 9.17) is 0 Å². The van der Waals surface area contributed by atoms with Crippen LogP contribution in [-0.4, -0.2) is 34.5 Å². The van der Waals surface area contributed by atoms with Gasteiger partial charge in [-0.2, -0.15) is 5.10 Å². The smallest absolute Gasteiger partial charge is 0.150 e. The highest BCUT2D eigenvalue weighted by atomic mass is 15.4. The van der Waals surface area contributed by atoms with Gasteiger partial charge in [-0.25, -0.2) is 0 Å². The quantitative estimate of drug-likeness (QED) is 0.847. The molecule has 0 aromatic carbocycles. The maximum atomic E-state index is 4.55. The second kappa shape index (κ2) is 4.33. The van der Waals surface area contributed by atoms with Crippen LogP contribution in [0.15, 0.2) is 12.3 Å². The molecule has 1 aromatic rings. The molecule has 1 unspecified atom stereocenters. The summed E-state index contributed by atoms with van der Waals surface area (Å²) in [6, 6.07) is 2.63. The summed E-state index contributed by atoms with van der Waals surface area (Å²) in [7, 11) is 1.97. The van der Waals surface area contributed by atoms with Crippen molar-refractivity contribution in [3.63, 3.8) is 0 Å². The molecule has 1 N–H and O–H groups in total. The predicted octanol–water partition coefficient (Wildman–Crippen LogP) is 1.63. The molecule has 1 aliphatic heterocycles. The lowest BCUT2D eigenvalue weighted by Gasteiger charge is -2.46. The summed E-state index contributed by atoms with van der Waals surface area (Å²) >= 11 is 0. The molecule has 2 rings (SSSR count). The lowest BCUT2D eigenvalue weighted by Crippen LogP contribution is -2.63.